The molecule has 6 nitrogen and oxygen atoms in total. The monoisotopic (exact) mass is 274 g/mol. The Morgan fingerprint density at radius 3 is 2.55 bits per heavy atom. The summed E-state index contributed by atoms with van der Waals surface area (Å²) in [4.78, 5) is 5.12. The molecule has 0 amide bonds. The minimum absolute atomic E-state index is 0. The summed E-state index contributed by atoms with van der Waals surface area (Å²) in [5, 5.41) is 8.25. The van der Waals surface area contributed by atoms with Crippen molar-refractivity contribution in [2.24, 2.45) is 10.2 Å². The molecule has 0 aliphatic heterocycles. The average Bonchev–Trinajstić information content (AvgIpc) is 2.41. The molecule has 2 aromatic rings. The van der Waals surface area contributed by atoms with Crippen molar-refractivity contribution in [1.29, 1.82) is 0 Å². The first kappa shape index (κ1) is 15.4. The molecule has 1 aromatic carbocycles. The van der Waals surface area contributed by atoms with E-state index in [1.807, 2.05) is 19.1 Å². The Morgan fingerprint density at radius 2 is 1.85 bits per heavy atom. The fourth-order valence-electron chi connectivity index (χ4n) is 1.57. The van der Waals surface area contributed by atoms with Crippen molar-refractivity contribution in [1.82, 2.24) is 0 Å². The van der Waals surface area contributed by atoms with Crippen LogP contribution < -0.4 is 21.0 Å². The zero-order valence-corrected chi connectivity index (χ0v) is 10.9. The van der Waals surface area contributed by atoms with Crippen LogP contribution in [0.3, 0.4) is 0 Å². The third-order valence-electron chi connectivity index (χ3n) is 2.68. The van der Waals surface area contributed by atoms with Gasteiger partial charge in [-0.25, -0.2) is 0 Å². The summed E-state index contributed by atoms with van der Waals surface area (Å²) in [6, 6.07) is 8.95. The summed E-state index contributed by atoms with van der Waals surface area (Å²) >= 11 is 0. The van der Waals surface area contributed by atoms with Crippen LogP contribution in [-0.4, -0.2) is 7.11 Å². The Morgan fingerprint density at radius 1 is 1.10 bits per heavy atom. The number of benzene rings is 1. The number of hydrogen-bond donors (Lipinski definition) is 2. The van der Waals surface area contributed by atoms with Crippen LogP contribution in [0.5, 0.6) is 0 Å². The van der Waals surface area contributed by atoms with Crippen LogP contribution in [0.15, 0.2) is 46.8 Å². The molecule has 106 valence electrons. The predicted molar refractivity (Wildman–Crippen MR) is 80.1 cm³/mol. The molecule has 2 rings (SSSR count). The van der Waals surface area contributed by atoms with Gasteiger partial charge in [-0.2, -0.15) is 0 Å². The average molecular weight is 274 g/mol. The van der Waals surface area contributed by atoms with E-state index in [2.05, 4.69) is 10.2 Å². The second-order valence-corrected chi connectivity index (χ2v) is 4.03. The van der Waals surface area contributed by atoms with E-state index >= 15 is 0 Å². The molecule has 0 atom stereocenters. The lowest BCUT2D eigenvalue weighted by Gasteiger charge is -2.02. The predicted octanol–water partition coefficient (Wildman–Crippen LogP) is 2.56. The molecule has 4 N–H and O–H groups in total. The highest BCUT2D eigenvalue weighted by molar-refractivity contribution is 5.70. The Balaban J connectivity index is 0.00000200. The van der Waals surface area contributed by atoms with Crippen LogP contribution in [0, 0.1) is 6.92 Å². The fraction of sp³-hybridized carbons (Fsp3) is 0.214. The van der Waals surface area contributed by atoms with Gasteiger partial charge in [0.1, 0.15) is 19.0 Å². The van der Waals surface area contributed by atoms with Crippen molar-refractivity contribution in [2.75, 3.05) is 18.6 Å². The highest BCUT2D eigenvalue weighted by Crippen LogP contribution is 2.28. The quantitative estimate of drug-likeness (QED) is 0.512. The number of nitrogens with two attached hydrogens (primary N) is 2. The van der Waals surface area contributed by atoms with Crippen LogP contribution in [0.25, 0.3) is 0 Å². The summed E-state index contributed by atoms with van der Waals surface area (Å²) in [7, 11) is 1.56. The Bertz CT molecular complexity index is 625. The van der Waals surface area contributed by atoms with E-state index in [1.165, 1.54) is 4.73 Å². The summed E-state index contributed by atoms with van der Waals surface area (Å²) in [6.07, 6.45) is 1.74. The number of aryl methyl sites for hydroxylation is 1. The van der Waals surface area contributed by atoms with E-state index in [0.717, 1.165) is 5.56 Å². The number of hydrogen-bond acceptors (Lipinski definition) is 5. The van der Waals surface area contributed by atoms with E-state index in [0.29, 0.717) is 22.9 Å². The molecule has 0 unspecified atom stereocenters. The third-order valence-corrected chi connectivity index (χ3v) is 2.68. The first-order chi connectivity index (χ1) is 9.11. The van der Waals surface area contributed by atoms with Crippen LogP contribution in [-0.2, 0) is 0 Å². The van der Waals surface area contributed by atoms with Gasteiger partial charge in [-0.15, -0.1) is 0 Å². The second-order valence-electron chi connectivity index (χ2n) is 4.03. The number of azo groups is 1. The summed E-state index contributed by atoms with van der Waals surface area (Å²) in [6.45, 7) is 1.89. The zero-order chi connectivity index (χ0) is 13.8. The largest absolute Gasteiger partial charge is 0.398 e. The topological polar surface area (TPSA) is 89.9 Å². The summed E-state index contributed by atoms with van der Waals surface area (Å²) in [5.41, 5.74) is 14.2. The number of aromatic nitrogens is 1. The molecule has 0 aliphatic rings. The van der Waals surface area contributed by atoms with Crippen LogP contribution >= 0.6 is 0 Å². The summed E-state index contributed by atoms with van der Waals surface area (Å²) < 4.78 is 1.50. The summed E-state index contributed by atoms with van der Waals surface area (Å²) in [5.74, 6) is 0.568. The molecule has 0 bridgehead atoms. The lowest BCUT2D eigenvalue weighted by Crippen LogP contribution is -2.39. The normalized spacial score (nSPS) is 10.3. The maximum atomic E-state index is 5.85. The van der Waals surface area contributed by atoms with Gasteiger partial charge in [-0.1, -0.05) is 7.43 Å². The van der Waals surface area contributed by atoms with Gasteiger partial charge < -0.3 is 16.3 Å². The number of nitrogen functional groups attached to an aromatic ring is 2. The van der Waals surface area contributed by atoms with Gasteiger partial charge in [0.15, 0.2) is 0 Å². The lowest BCUT2D eigenvalue weighted by atomic mass is 10.1. The molecule has 0 radical (unpaired) electrons. The minimum atomic E-state index is 0. The number of pyridine rings is 1. The van der Waals surface area contributed by atoms with Crippen LogP contribution in [0.4, 0.5) is 22.9 Å². The highest BCUT2D eigenvalue weighted by Gasteiger charge is 2.10. The van der Waals surface area contributed by atoms with Crippen molar-refractivity contribution in [3.8, 4) is 0 Å². The molecule has 0 spiro atoms. The molecule has 20 heavy (non-hydrogen) atoms. The number of anilines is 2. The molecule has 1 heterocycles. The van der Waals surface area contributed by atoms with Gasteiger partial charge in [0.2, 0.25) is 0 Å². The molecule has 0 aliphatic carbocycles. The van der Waals surface area contributed by atoms with Gasteiger partial charge in [0, 0.05) is 11.8 Å². The van der Waals surface area contributed by atoms with Crippen molar-refractivity contribution < 1.29 is 9.57 Å². The molecule has 1 aromatic heterocycles. The van der Waals surface area contributed by atoms with Crippen molar-refractivity contribution >= 4 is 22.9 Å². The standard InChI is InChI=1S/C13H15N5O.CH4/c1-9-7-12(11(15)8-10(9)14)16-17-13-5-3-4-6-18(13)19-2;/h3-8H,1-2H3,(H3,14,15);1H4/p+1. The Labute approximate surface area is 118 Å². The van der Waals surface area contributed by atoms with E-state index in [-0.39, 0.29) is 7.43 Å². The van der Waals surface area contributed by atoms with E-state index in [4.69, 9.17) is 16.3 Å². The molecule has 0 fully saturated rings. The van der Waals surface area contributed by atoms with Gasteiger partial charge in [-0.3, -0.25) is 0 Å². The van der Waals surface area contributed by atoms with Crippen LogP contribution in [0.1, 0.15) is 13.0 Å². The van der Waals surface area contributed by atoms with Crippen molar-refractivity contribution in [3.05, 3.63) is 42.1 Å². The van der Waals surface area contributed by atoms with Gasteiger partial charge >= 0.3 is 5.82 Å². The van der Waals surface area contributed by atoms with E-state index < -0.39 is 0 Å². The van der Waals surface area contributed by atoms with Crippen LogP contribution in [0.2, 0.25) is 0 Å². The van der Waals surface area contributed by atoms with E-state index in [9.17, 15) is 0 Å². The highest BCUT2D eigenvalue weighted by atomic mass is 16.6. The van der Waals surface area contributed by atoms with Crippen molar-refractivity contribution in [2.45, 2.75) is 14.4 Å². The SMILES string of the molecule is C.CO[n+]1ccccc1N=Nc1cc(C)c(N)cc1N. The maximum Gasteiger partial charge on any atom is 0.388 e. The Kier molecular flexibility index (Phi) is 5.02. The lowest BCUT2D eigenvalue weighted by molar-refractivity contribution is -0.875. The third kappa shape index (κ3) is 3.23. The smallest absolute Gasteiger partial charge is 0.388 e. The molecular weight excluding hydrogens is 254 g/mol. The Hall–Kier alpha value is -2.63. The van der Waals surface area contributed by atoms with E-state index in [1.54, 1.807) is 31.5 Å². The zero-order valence-electron chi connectivity index (χ0n) is 10.9. The molecular formula is C14H20N5O+. The second kappa shape index (κ2) is 6.51. The fourth-order valence-corrected chi connectivity index (χ4v) is 1.57. The molecule has 0 saturated heterocycles. The van der Waals surface area contributed by atoms with Crippen molar-refractivity contribution in [3.63, 3.8) is 0 Å². The van der Waals surface area contributed by atoms with Gasteiger partial charge in [0.05, 0.1) is 10.8 Å². The maximum absolute atomic E-state index is 5.85. The minimum Gasteiger partial charge on any atom is -0.398 e. The molecule has 0 saturated carbocycles. The number of rotatable bonds is 3. The first-order valence-corrected chi connectivity index (χ1v) is 5.74. The van der Waals surface area contributed by atoms with Gasteiger partial charge in [-0.05, 0) is 46.6 Å². The molecule has 6 heteroatoms. The number of nitrogens with zero attached hydrogens (tertiary/aromatic N) is 3. The van der Waals surface area contributed by atoms with Gasteiger partial charge in [0.25, 0.3) is 0 Å². The first-order valence-electron chi connectivity index (χ1n) is 5.74.